The molecule has 1 N–H and O–H groups in total. The van der Waals surface area contributed by atoms with Crippen LogP contribution in [-0.2, 0) is 4.79 Å². The van der Waals surface area contributed by atoms with Crippen molar-refractivity contribution in [2.24, 2.45) is 5.92 Å². The Balaban J connectivity index is 1.95. The molecule has 4 heteroatoms. The molecule has 0 radical (unpaired) electrons. The van der Waals surface area contributed by atoms with Gasteiger partial charge in [0, 0.05) is 6.07 Å². The predicted molar refractivity (Wildman–Crippen MR) is 88.7 cm³/mol. The molecule has 1 atom stereocenters. The van der Waals surface area contributed by atoms with E-state index in [0.717, 1.165) is 12.0 Å². The Morgan fingerprint density at radius 2 is 1.87 bits per heavy atom. The monoisotopic (exact) mass is 315 g/mol. The summed E-state index contributed by atoms with van der Waals surface area (Å²) in [6, 6.07) is 15.6. The van der Waals surface area contributed by atoms with Crippen LogP contribution in [0.4, 0.5) is 4.39 Å². The van der Waals surface area contributed by atoms with Gasteiger partial charge in [-0.2, -0.15) is 0 Å². The van der Waals surface area contributed by atoms with E-state index in [1.165, 1.54) is 12.1 Å². The molecule has 0 unspecified atom stereocenters. The van der Waals surface area contributed by atoms with E-state index in [2.05, 4.69) is 19.2 Å². The fraction of sp³-hybridized carbons (Fsp3) is 0.316. The standard InChI is InChI=1S/C19H22FNO2/c1-14(2)11-18(15-7-4-3-5-8-15)21-19(22)13-23-17-10-6-9-16(20)12-17/h3-10,12,14,18H,11,13H2,1-2H3,(H,21,22)/t18-/m0/s1. The highest BCUT2D eigenvalue weighted by atomic mass is 19.1. The zero-order valence-electron chi connectivity index (χ0n) is 13.5. The third kappa shape index (κ3) is 5.74. The first-order valence-corrected chi connectivity index (χ1v) is 7.77. The molecule has 0 aliphatic rings. The van der Waals surface area contributed by atoms with E-state index in [0.29, 0.717) is 11.7 Å². The molecule has 1 amide bonds. The van der Waals surface area contributed by atoms with Crippen LogP contribution in [0.5, 0.6) is 5.75 Å². The van der Waals surface area contributed by atoms with Gasteiger partial charge in [0.15, 0.2) is 6.61 Å². The maximum atomic E-state index is 13.1. The Morgan fingerprint density at radius 3 is 2.52 bits per heavy atom. The first-order valence-electron chi connectivity index (χ1n) is 7.77. The summed E-state index contributed by atoms with van der Waals surface area (Å²) in [6.45, 7) is 4.10. The Labute approximate surface area is 136 Å². The average Bonchev–Trinajstić information content (AvgIpc) is 2.53. The summed E-state index contributed by atoms with van der Waals surface area (Å²) in [4.78, 5) is 12.1. The normalized spacial score (nSPS) is 12.0. The topological polar surface area (TPSA) is 38.3 Å². The molecule has 23 heavy (non-hydrogen) atoms. The van der Waals surface area contributed by atoms with Gasteiger partial charge in [-0.15, -0.1) is 0 Å². The average molecular weight is 315 g/mol. The molecule has 0 aliphatic carbocycles. The van der Waals surface area contributed by atoms with Crippen LogP contribution in [0.15, 0.2) is 54.6 Å². The molecule has 2 rings (SSSR count). The van der Waals surface area contributed by atoms with Gasteiger partial charge in [0.2, 0.25) is 0 Å². The fourth-order valence-electron chi connectivity index (χ4n) is 2.38. The number of rotatable bonds is 7. The van der Waals surface area contributed by atoms with Gasteiger partial charge in [-0.1, -0.05) is 50.2 Å². The minimum absolute atomic E-state index is 0.0557. The van der Waals surface area contributed by atoms with Crippen LogP contribution in [0.25, 0.3) is 0 Å². The number of amides is 1. The fourth-order valence-corrected chi connectivity index (χ4v) is 2.38. The van der Waals surface area contributed by atoms with Crippen molar-refractivity contribution in [1.29, 1.82) is 0 Å². The molecule has 0 saturated carbocycles. The minimum Gasteiger partial charge on any atom is -0.484 e. The number of carbonyl (C=O) groups is 1. The van der Waals surface area contributed by atoms with Gasteiger partial charge in [0.1, 0.15) is 11.6 Å². The van der Waals surface area contributed by atoms with E-state index in [9.17, 15) is 9.18 Å². The van der Waals surface area contributed by atoms with Crippen molar-refractivity contribution in [3.8, 4) is 5.75 Å². The summed E-state index contributed by atoms with van der Waals surface area (Å²) in [5.74, 6) is 0.193. The highest BCUT2D eigenvalue weighted by Crippen LogP contribution is 2.21. The van der Waals surface area contributed by atoms with Gasteiger partial charge in [-0.05, 0) is 30.0 Å². The van der Waals surface area contributed by atoms with Crippen molar-refractivity contribution in [2.75, 3.05) is 6.61 Å². The van der Waals surface area contributed by atoms with Crippen molar-refractivity contribution in [3.05, 3.63) is 66.0 Å². The molecule has 2 aromatic carbocycles. The van der Waals surface area contributed by atoms with Gasteiger partial charge in [-0.3, -0.25) is 4.79 Å². The van der Waals surface area contributed by atoms with E-state index in [4.69, 9.17) is 4.74 Å². The lowest BCUT2D eigenvalue weighted by Crippen LogP contribution is -2.33. The van der Waals surface area contributed by atoms with E-state index < -0.39 is 0 Å². The van der Waals surface area contributed by atoms with Crippen LogP contribution >= 0.6 is 0 Å². The molecule has 0 saturated heterocycles. The van der Waals surface area contributed by atoms with Crippen LogP contribution in [0.2, 0.25) is 0 Å². The second-order valence-electron chi connectivity index (χ2n) is 5.91. The van der Waals surface area contributed by atoms with E-state index in [1.54, 1.807) is 12.1 Å². The highest BCUT2D eigenvalue weighted by Gasteiger charge is 2.16. The summed E-state index contributed by atoms with van der Waals surface area (Å²) in [5.41, 5.74) is 1.07. The second kappa shape index (κ2) is 8.32. The summed E-state index contributed by atoms with van der Waals surface area (Å²) in [5, 5.41) is 2.99. The molecule has 0 aromatic heterocycles. The first-order chi connectivity index (χ1) is 11.0. The molecular formula is C19H22FNO2. The second-order valence-corrected chi connectivity index (χ2v) is 5.91. The Hall–Kier alpha value is -2.36. The van der Waals surface area contributed by atoms with Crippen molar-refractivity contribution in [2.45, 2.75) is 26.3 Å². The molecule has 0 bridgehead atoms. The smallest absolute Gasteiger partial charge is 0.258 e. The van der Waals surface area contributed by atoms with E-state index >= 15 is 0 Å². The zero-order chi connectivity index (χ0) is 16.7. The SMILES string of the molecule is CC(C)C[C@H](NC(=O)COc1cccc(F)c1)c1ccccc1. The molecule has 0 aliphatic heterocycles. The van der Waals surface area contributed by atoms with Crippen LogP contribution in [-0.4, -0.2) is 12.5 Å². The van der Waals surface area contributed by atoms with Crippen LogP contribution in [0, 0.1) is 11.7 Å². The number of hydrogen-bond acceptors (Lipinski definition) is 2. The van der Waals surface area contributed by atoms with Crippen molar-refractivity contribution < 1.29 is 13.9 Å². The third-order valence-electron chi connectivity index (χ3n) is 3.41. The van der Waals surface area contributed by atoms with Gasteiger partial charge in [0.05, 0.1) is 6.04 Å². The lowest BCUT2D eigenvalue weighted by Gasteiger charge is -2.21. The number of nitrogens with one attached hydrogen (secondary N) is 1. The highest BCUT2D eigenvalue weighted by molar-refractivity contribution is 5.78. The van der Waals surface area contributed by atoms with Crippen molar-refractivity contribution in [1.82, 2.24) is 5.32 Å². The van der Waals surface area contributed by atoms with Crippen molar-refractivity contribution in [3.63, 3.8) is 0 Å². The van der Waals surface area contributed by atoms with Crippen LogP contribution in [0.1, 0.15) is 31.9 Å². The molecule has 122 valence electrons. The van der Waals surface area contributed by atoms with E-state index in [1.807, 2.05) is 30.3 Å². The summed E-state index contributed by atoms with van der Waals surface area (Å²) >= 11 is 0. The number of ether oxygens (including phenoxy) is 1. The first kappa shape index (κ1) is 17.0. The van der Waals surface area contributed by atoms with Gasteiger partial charge < -0.3 is 10.1 Å². The molecule has 0 fully saturated rings. The molecule has 0 heterocycles. The minimum atomic E-state index is -0.384. The van der Waals surface area contributed by atoms with Gasteiger partial charge in [-0.25, -0.2) is 4.39 Å². The molecule has 0 spiro atoms. The van der Waals surface area contributed by atoms with Crippen LogP contribution < -0.4 is 10.1 Å². The van der Waals surface area contributed by atoms with Gasteiger partial charge in [0.25, 0.3) is 5.91 Å². The van der Waals surface area contributed by atoms with Crippen molar-refractivity contribution >= 4 is 5.91 Å². The Kier molecular flexibility index (Phi) is 6.15. The summed E-state index contributed by atoms with van der Waals surface area (Å²) < 4.78 is 18.4. The summed E-state index contributed by atoms with van der Waals surface area (Å²) in [7, 11) is 0. The predicted octanol–water partition coefficient (Wildman–Crippen LogP) is 4.11. The number of hydrogen-bond donors (Lipinski definition) is 1. The number of halogens is 1. The lowest BCUT2D eigenvalue weighted by molar-refractivity contribution is -0.124. The maximum Gasteiger partial charge on any atom is 0.258 e. The molecular weight excluding hydrogens is 293 g/mol. The Bertz CT molecular complexity index is 628. The van der Waals surface area contributed by atoms with E-state index in [-0.39, 0.29) is 24.4 Å². The third-order valence-corrected chi connectivity index (χ3v) is 3.41. The quantitative estimate of drug-likeness (QED) is 0.835. The largest absolute Gasteiger partial charge is 0.484 e. The zero-order valence-corrected chi connectivity index (χ0v) is 13.5. The molecule has 3 nitrogen and oxygen atoms in total. The lowest BCUT2D eigenvalue weighted by atomic mass is 9.97. The maximum absolute atomic E-state index is 13.1. The number of benzene rings is 2. The Morgan fingerprint density at radius 1 is 1.13 bits per heavy atom. The molecule has 2 aromatic rings. The number of carbonyl (C=O) groups excluding carboxylic acids is 1. The summed E-state index contributed by atoms with van der Waals surface area (Å²) in [6.07, 6.45) is 0.843. The van der Waals surface area contributed by atoms with Crippen LogP contribution in [0.3, 0.4) is 0 Å². The van der Waals surface area contributed by atoms with Gasteiger partial charge >= 0.3 is 0 Å².